The van der Waals surface area contributed by atoms with E-state index >= 15 is 0 Å². The minimum Gasteiger partial charge on any atom is -0.353 e. The molecule has 4 heteroatoms. The molecule has 1 N–H and O–H groups in total. The first-order chi connectivity index (χ1) is 14.8. The highest BCUT2D eigenvalue weighted by Gasteiger charge is 2.25. The van der Waals surface area contributed by atoms with E-state index in [1.165, 1.54) is 44.9 Å². The van der Waals surface area contributed by atoms with Gasteiger partial charge in [0.1, 0.15) is 0 Å². The molecular weight excluding hydrogens is 384 g/mol. The van der Waals surface area contributed by atoms with E-state index in [0.29, 0.717) is 24.8 Å². The van der Waals surface area contributed by atoms with Crippen LogP contribution in [0.25, 0.3) is 0 Å². The van der Waals surface area contributed by atoms with Gasteiger partial charge in [-0.25, -0.2) is 0 Å². The summed E-state index contributed by atoms with van der Waals surface area (Å²) in [6, 6.07) is 0.485. The molecule has 0 radical (unpaired) electrons. The number of allylic oxidation sites excluding steroid dienone is 2. The van der Waals surface area contributed by atoms with Gasteiger partial charge in [0.25, 0.3) is 0 Å². The standard InChI is InChI=1S/C27H50N2O2/c1-5-6-16-20-26(31)29(27(2,3)4)23-18-15-13-11-9-7-8-10-12-14-17-19-25(30)28-24-21-22-24/h10,12,24H,5-9,11,13-23H2,1-4H3,(H,28,30). The summed E-state index contributed by atoms with van der Waals surface area (Å²) in [5.41, 5.74) is -0.0728. The zero-order valence-corrected chi connectivity index (χ0v) is 21.0. The summed E-state index contributed by atoms with van der Waals surface area (Å²) < 4.78 is 0. The van der Waals surface area contributed by atoms with Crippen molar-refractivity contribution in [3.63, 3.8) is 0 Å². The van der Waals surface area contributed by atoms with Crippen LogP contribution in [0.2, 0.25) is 0 Å². The smallest absolute Gasteiger partial charge is 0.222 e. The molecule has 0 spiro atoms. The van der Waals surface area contributed by atoms with Gasteiger partial charge in [-0.1, -0.05) is 57.6 Å². The first kappa shape index (κ1) is 27.7. The second-order valence-corrected chi connectivity index (χ2v) is 10.3. The molecule has 1 aliphatic rings. The summed E-state index contributed by atoms with van der Waals surface area (Å²) in [5, 5.41) is 3.04. The second-order valence-electron chi connectivity index (χ2n) is 10.3. The third-order valence-electron chi connectivity index (χ3n) is 5.99. The van der Waals surface area contributed by atoms with Crippen molar-refractivity contribution in [3.8, 4) is 0 Å². The molecular formula is C27H50N2O2. The number of hydrogen-bond donors (Lipinski definition) is 1. The van der Waals surface area contributed by atoms with E-state index in [4.69, 9.17) is 0 Å². The Hall–Kier alpha value is -1.32. The number of nitrogens with zero attached hydrogens (tertiary/aromatic N) is 1. The fraction of sp³-hybridized carbons (Fsp3) is 0.852. The molecule has 0 bridgehead atoms. The van der Waals surface area contributed by atoms with Crippen LogP contribution < -0.4 is 5.32 Å². The summed E-state index contributed by atoms with van der Waals surface area (Å²) in [7, 11) is 0. The molecule has 1 rings (SSSR count). The van der Waals surface area contributed by atoms with Crippen LogP contribution in [-0.4, -0.2) is 34.8 Å². The van der Waals surface area contributed by atoms with E-state index in [0.717, 1.165) is 51.5 Å². The SMILES string of the molecule is CCCCCC(=O)N(CCCCCCCCC=CCCCC(=O)NC1CC1)C(C)(C)C. The lowest BCUT2D eigenvalue weighted by molar-refractivity contribution is -0.136. The van der Waals surface area contributed by atoms with Crippen molar-refractivity contribution in [2.24, 2.45) is 0 Å². The molecule has 0 aromatic heterocycles. The normalized spacial score (nSPS) is 14.2. The highest BCUT2D eigenvalue weighted by atomic mass is 16.2. The van der Waals surface area contributed by atoms with Crippen LogP contribution >= 0.6 is 0 Å². The first-order valence-electron chi connectivity index (χ1n) is 13.1. The maximum atomic E-state index is 12.6. The van der Waals surface area contributed by atoms with Crippen molar-refractivity contribution in [1.82, 2.24) is 10.2 Å². The molecule has 1 aliphatic carbocycles. The third-order valence-corrected chi connectivity index (χ3v) is 5.99. The predicted molar refractivity (Wildman–Crippen MR) is 132 cm³/mol. The topological polar surface area (TPSA) is 49.4 Å². The largest absolute Gasteiger partial charge is 0.353 e. The van der Waals surface area contributed by atoms with Gasteiger partial charge in [0, 0.05) is 31.0 Å². The number of unbranched alkanes of at least 4 members (excludes halogenated alkanes) is 9. The number of rotatable bonds is 18. The Kier molecular flexibility index (Phi) is 14.6. The Morgan fingerprint density at radius 2 is 1.45 bits per heavy atom. The Morgan fingerprint density at radius 1 is 0.839 bits per heavy atom. The highest BCUT2D eigenvalue weighted by Crippen LogP contribution is 2.19. The number of hydrogen-bond acceptors (Lipinski definition) is 2. The third kappa shape index (κ3) is 15.2. The Labute approximate surface area is 192 Å². The molecule has 0 aliphatic heterocycles. The van der Waals surface area contributed by atoms with Gasteiger partial charge in [-0.15, -0.1) is 0 Å². The molecule has 1 fully saturated rings. The number of amides is 2. The Balaban J connectivity index is 1.97. The van der Waals surface area contributed by atoms with E-state index in [-0.39, 0.29) is 11.4 Å². The summed E-state index contributed by atoms with van der Waals surface area (Å²) >= 11 is 0. The van der Waals surface area contributed by atoms with Crippen molar-refractivity contribution in [2.75, 3.05) is 6.54 Å². The molecule has 2 amide bonds. The number of carbonyl (C=O) groups is 2. The van der Waals surface area contributed by atoms with Crippen LogP contribution in [0.1, 0.15) is 130 Å². The molecule has 31 heavy (non-hydrogen) atoms. The molecule has 0 unspecified atom stereocenters. The van der Waals surface area contributed by atoms with Gasteiger partial charge >= 0.3 is 0 Å². The van der Waals surface area contributed by atoms with Gasteiger partial charge < -0.3 is 10.2 Å². The molecule has 4 nitrogen and oxygen atoms in total. The van der Waals surface area contributed by atoms with Crippen LogP contribution in [0.3, 0.4) is 0 Å². The molecule has 0 aromatic carbocycles. The molecule has 0 heterocycles. The molecule has 1 saturated carbocycles. The van der Waals surface area contributed by atoms with Gasteiger partial charge in [0.15, 0.2) is 0 Å². The average Bonchev–Trinajstić information content (AvgIpc) is 3.51. The minimum atomic E-state index is -0.0728. The van der Waals surface area contributed by atoms with Crippen molar-refractivity contribution in [1.29, 1.82) is 0 Å². The van der Waals surface area contributed by atoms with Crippen molar-refractivity contribution < 1.29 is 9.59 Å². The van der Waals surface area contributed by atoms with Crippen LogP contribution in [0.5, 0.6) is 0 Å². The van der Waals surface area contributed by atoms with E-state index in [2.05, 4.69) is 50.1 Å². The number of nitrogens with one attached hydrogen (secondary N) is 1. The van der Waals surface area contributed by atoms with Crippen LogP contribution in [0, 0.1) is 0 Å². The zero-order valence-electron chi connectivity index (χ0n) is 21.0. The van der Waals surface area contributed by atoms with E-state index < -0.39 is 0 Å². The quantitative estimate of drug-likeness (QED) is 0.188. The summed E-state index contributed by atoms with van der Waals surface area (Å²) in [4.78, 5) is 26.3. The lowest BCUT2D eigenvalue weighted by atomic mass is 10.0. The molecule has 0 saturated heterocycles. The maximum Gasteiger partial charge on any atom is 0.222 e. The molecule has 0 atom stereocenters. The zero-order chi connectivity index (χ0) is 23.0. The molecule has 0 aromatic rings. The van der Waals surface area contributed by atoms with Crippen molar-refractivity contribution in [2.45, 2.75) is 142 Å². The summed E-state index contributed by atoms with van der Waals surface area (Å²) in [5.74, 6) is 0.554. The van der Waals surface area contributed by atoms with Crippen LogP contribution in [0.4, 0.5) is 0 Å². The van der Waals surface area contributed by atoms with Gasteiger partial charge in [-0.05, 0) is 72.1 Å². The van der Waals surface area contributed by atoms with E-state index in [1.807, 2.05) is 0 Å². The Bertz CT molecular complexity index is 518. The lowest BCUT2D eigenvalue weighted by Gasteiger charge is -2.36. The summed E-state index contributed by atoms with van der Waals surface area (Å²) in [6.07, 6.45) is 22.1. The van der Waals surface area contributed by atoms with Gasteiger partial charge in [0.2, 0.25) is 11.8 Å². The van der Waals surface area contributed by atoms with Gasteiger partial charge in [-0.3, -0.25) is 9.59 Å². The maximum absolute atomic E-state index is 12.6. The number of carbonyl (C=O) groups excluding carboxylic acids is 2. The Morgan fingerprint density at radius 3 is 2.06 bits per heavy atom. The predicted octanol–water partition coefficient (Wildman–Crippen LogP) is 6.93. The van der Waals surface area contributed by atoms with Crippen molar-refractivity contribution in [3.05, 3.63) is 12.2 Å². The van der Waals surface area contributed by atoms with Gasteiger partial charge in [0.05, 0.1) is 0 Å². The van der Waals surface area contributed by atoms with Crippen LogP contribution in [0.15, 0.2) is 12.2 Å². The fourth-order valence-corrected chi connectivity index (χ4v) is 3.88. The van der Waals surface area contributed by atoms with E-state index in [9.17, 15) is 9.59 Å². The van der Waals surface area contributed by atoms with Crippen molar-refractivity contribution >= 4 is 11.8 Å². The average molecular weight is 435 g/mol. The van der Waals surface area contributed by atoms with E-state index in [1.54, 1.807) is 0 Å². The lowest BCUT2D eigenvalue weighted by Crippen LogP contribution is -2.46. The minimum absolute atomic E-state index is 0.0728. The fourth-order valence-electron chi connectivity index (χ4n) is 3.88. The monoisotopic (exact) mass is 434 g/mol. The molecule has 180 valence electrons. The second kappa shape index (κ2) is 16.3. The first-order valence-corrected chi connectivity index (χ1v) is 13.1. The highest BCUT2D eigenvalue weighted by molar-refractivity contribution is 5.77. The van der Waals surface area contributed by atoms with Gasteiger partial charge in [-0.2, -0.15) is 0 Å². The summed E-state index contributed by atoms with van der Waals surface area (Å²) in [6.45, 7) is 9.54. The van der Waals surface area contributed by atoms with Crippen LogP contribution in [-0.2, 0) is 9.59 Å².